The number of aliphatic hydroxyl groups is 1. The molecule has 2 N–H and O–H groups in total. The fraction of sp³-hybridized carbons (Fsp3) is 0.0417. The zero-order valence-electron chi connectivity index (χ0n) is 16.8. The van der Waals surface area contributed by atoms with Gasteiger partial charge in [0.15, 0.2) is 11.5 Å². The number of fused-ring (bicyclic) bond motifs is 2. The SMILES string of the molecule is O=C(C1=C(O)C(=O)N(c2nc3ccccc3[nH]2)C1c1cccs1)c1cc2cc(Br)ccc2o1. The molecular weight excluding hydrogens is 506 g/mol. The number of H-pyrrole nitrogens is 1. The Morgan fingerprint density at radius 3 is 2.79 bits per heavy atom. The third-order valence-electron chi connectivity index (χ3n) is 5.57. The van der Waals surface area contributed by atoms with Crippen LogP contribution < -0.4 is 4.90 Å². The molecule has 5 aromatic rings. The largest absolute Gasteiger partial charge is 0.503 e. The van der Waals surface area contributed by atoms with Crippen molar-refractivity contribution in [3.05, 3.63) is 92.5 Å². The minimum absolute atomic E-state index is 0.0407. The van der Waals surface area contributed by atoms with Crippen molar-refractivity contribution >= 4 is 66.9 Å². The number of amides is 1. The van der Waals surface area contributed by atoms with Gasteiger partial charge in [0.05, 0.1) is 16.6 Å². The first-order chi connectivity index (χ1) is 16.0. The predicted molar refractivity (Wildman–Crippen MR) is 129 cm³/mol. The lowest BCUT2D eigenvalue weighted by Gasteiger charge is -2.22. The van der Waals surface area contributed by atoms with E-state index in [0.29, 0.717) is 11.1 Å². The average molecular weight is 520 g/mol. The van der Waals surface area contributed by atoms with Crippen molar-refractivity contribution in [3.63, 3.8) is 0 Å². The number of Topliss-reactive ketones (excluding diaryl/α,β-unsaturated/α-hetero) is 1. The highest BCUT2D eigenvalue weighted by molar-refractivity contribution is 9.10. The number of carbonyl (C=O) groups is 2. The monoisotopic (exact) mass is 519 g/mol. The number of halogens is 1. The standard InChI is InChI=1S/C24H14BrN3O4S/c25-13-7-8-16-12(10-13)11-17(32-16)21(29)19-20(18-6-3-9-33-18)28(23(31)22(19)30)24-26-14-4-1-2-5-15(14)27-24/h1-11,20,30H,(H,26,27). The van der Waals surface area contributed by atoms with Gasteiger partial charge in [-0.15, -0.1) is 11.3 Å². The van der Waals surface area contributed by atoms with Gasteiger partial charge in [-0.25, -0.2) is 4.98 Å². The molecule has 0 radical (unpaired) electrons. The van der Waals surface area contributed by atoms with Gasteiger partial charge >= 0.3 is 0 Å². The smallest absolute Gasteiger partial charge is 0.296 e. The Hall–Kier alpha value is -3.69. The van der Waals surface area contributed by atoms with E-state index in [1.807, 2.05) is 53.9 Å². The van der Waals surface area contributed by atoms with Gasteiger partial charge in [-0.2, -0.15) is 0 Å². The minimum atomic E-state index is -0.842. The van der Waals surface area contributed by atoms with Crippen molar-refractivity contribution < 1.29 is 19.1 Å². The number of anilines is 1. The summed E-state index contributed by atoms with van der Waals surface area (Å²) < 4.78 is 6.62. The summed E-state index contributed by atoms with van der Waals surface area (Å²) in [6.45, 7) is 0. The van der Waals surface area contributed by atoms with Crippen molar-refractivity contribution in [3.8, 4) is 0 Å². The van der Waals surface area contributed by atoms with E-state index in [2.05, 4.69) is 25.9 Å². The molecule has 1 amide bonds. The van der Waals surface area contributed by atoms with E-state index < -0.39 is 23.5 Å². The molecule has 0 fully saturated rings. The number of nitrogens with one attached hydrogen (secondary N) is 1. The van der Waals surface area contributed by atoms with Gasteiger partial charge in [0.25, 0.3) is 5.91 Å². The molecule has 0 spiro atoms. The van der Waals surface area contributed by atoms with Crippen LogP contribution >= 0.6 is 27.3 Å². The number of hydrogen-bond donors (Lipinski definition) is 2. The van der Waals surface area contributed by atoms with Gasteiger partial charge in [-0.05, 0) is 47.8 Å². The number of benzene rings is 2. The van der Waals surface area contributed by atoms with E-state index in [1.165, 1.54) is 16.2 Å². The van der Waals surface area contributed by atoms with Gasteiger partial charge in [-0.3, -0.25) is 14.5 Å². The first-order valence-electron chi connectivity index (χ1n) is 10.00. The molecule has 1 aliphatic heterocycles. The quantitative estimate of drug-likeness (QED) is 0.287. The lowest BCUT2D eigenvalue weighted by molar-refractivity contribution is -0.117. The summed E-state index contributed by atoms with van der Waals surface area (Å²) in [6.07, 6.45) is 0. The number of ketones is 1. The number of imidazole rings is 1. The summed E-state index contributed by atoms with van der Waals surface area (Å²) in [7, 11) is 0. The second kappa shape index (κ2) is 7.43. The van der Waals surface area contributed by atoms with E-state index in [1.54, 1.807) is 12.1 Å². The van der Waals surface area contributed by atoms with Crippen molar-refractivity contribution in [1.82, 2.24) is 9.97 Å². The highest BCUT2D eigenvalue weighted by Crippen LogP contribution is 2.43. The Bertz CT molecular complexity index is 1570. The van der Waals surface area contributed by atoms with E-state index in [-0.39, 0.29) is 17.3 Å². The van der Waals surface area contributed by atoms with Crippen LogP contribution in [0.15, 0.2) is 86.3 Å². The van der Waals surface area contributed by atoms with Crippen LogP contribution in [-0.2, 0) is 4.79 Å². The van der Waals surface area contributed by atoms with Gasteiger partial charge in [-0.1, -0.05) is 34.1 Å². The van der Waals surface area contributed by atoms with E-state index in [0.717, 1.165) is 20.3 Å². The summed E-state index contributed by atoms with van der Waals surface area (Å²) in [5.41, 5.74) is 1.91. The van der Waals surface area contributed by atoms with E-state index in [4.69, 9.17) is 4.42 Å². The number of furan rings is 1. The zero-order chi connectivity index (χ0) is 22.7. The zero-order valence-corrected chi connectivity index (χ0v) is 19.2. The molecule has 6 rings (SSSR count). The van der Waals surface area contributed by atoms with Crippen molar-refractivity contribution in [1.29, 1.82) is 0 Å². The molecule has 1 atom stereocenters. The predicted octanol–water partition coefficient (Wildman–Crippen LogP) is 5.92. The van der Waals surface area contributed by atoms with Crippen LogP contribution in [0.25, 0.3) is 22.0 Å². The summed E-state index contributed by atoms with van der Waals surface area (Å²) >= 11 is 4.79. The maximum Gasteiger partial charge on any atom is 0.296 e. The highest BCUT2D eigenvalue weighted by atomic mass is 79.9. The fourth-order valence-electron chi connectivity index (χ4n) is 4.08. The maximum atomic E-state index is 13.6. The summed E-state index contributed by atoms with van der Waals surface area (Å²) in [6, 6.07) is 17.2. The minimum Gasteiger partial charge on any atom is -0.503 e. The molecule has 9 heteroatoms. The molecule has 1 unspecified atom stereocenters. The lowest BCUT2D eigenvalue weighted by atomic mass is 10.0. The van der Waals surface area contributed by atoms with Crippen LogP contribution in [0.4, 0.5) is 5.95 Å². The first kappa shape index (κ1) is 20.0. The van der Waals surface area contributed by atoms with E-state index >= 15 is 0 Å². The number of nitrogens with zero attached hydrogens (tertiary/aromatic N) is 2. The Morgan fingerprint density at radius 2 is 2.00 bits per heavy atom. The molecule has 2 aromatic carbocycles. The second-order valence-corrected chi connectivity index (χ2v) is 9.45. The van der Waals surface area contributed by atoms with Gasteiger partial charge in [0, 0.05) is 14.7 Å². The van der Waals surface area contributed by atoms with Crippen LogP contribution in [-0.4, -0.2) is 26.8 Å². The first-order valence-corrected chi connectivity index (χ1v) is 11.7. The second-order valence-electron chi connectivity index (χ2n) is 7.55. The van der Waals surface area contributed by atoms with Crippen LogP contribution in [0.1, 0.15) is 21.5 Å². The number of rotatable bonds is 4. The summed E-state index contributed by atoms with van der Waals surface area (Å²) in [5, 5.41) is 13.5. The summed E-state index contributed by atoms with van der Waals surface area (Å²) in [4.78, 5) is 36.5. The van der Waals surface area contributed by atoms with Gasteiger partial charge in [0.1, 0.15) is 11.6 Å². The lowest BCUT2D eigenvalue weighted by Crippen LogP contribution is -2.31. The maximum absolute atomic E-state index is 13.6. The number of thiophene rings is 1. The van der Waals surface area contributed by atoms with Crippen molar-refractivity contribution in [2.24, 2.45) is 0 Å². The molecule has 7 nitrogen and oxygen atoms in total. The molecule has 0 bridgehead atoms. The normalized spacial score (nSPS) is 16.5. The number of aliphatic hydroxyl groups excluding tert-OH is 1. The van der Waals surface area contributed by atoms with Gasteiger partial charge < -0.3 is 14.5 Å². The molecule has 4 heterocycles. The third-order valence-corrected chi connectivity index (χ3v) is 6.99. The molecule has 3 aromatic heterocycles. The number of aromatic amines is 1. The average Bonchev–Trinajstić information content (AvgIpc) is 3.59. The number of aromatic nitrogens is 2. The molecule has 162 valence electrons. The number of para-hydroxylation sites is 2. The summed E-state index contributed by atoms with van der Waals surface area (Å²) in [5.74, 6) is -1.56. The number of hydrogen-bond acceptors (Lipinski definition) is 6. The Balaban J connectivity index is 1.49. The molecular formula is C24H14BrN3O4S. The van der Waals surface area contributed by atoms with Crippen LogP contribution in [0.2, 0.25) is 0 Å². The molecule has 0 saturated carbocycles. The van der Waals surface area contributed by atoms with Crippen molar-refractivity contribution in [2.45, 2.75) is 6.04 Å². The molecule has 1 aliphatic rings. The topological polar surface area (TPSA) is 99.4 Å². The molecule has 33 heavy (non-hydrogen) atoms. The highest BCUT2D eigenvalue weighted by Gasteiger charge is 2.47. The third kappa shape index (κ3) is 3.12. The van der Waals surface area contributed by atoms with Crippen LogP contribution in [0, 0.1) is 0 Å². The van der Waals surface area contributed by atoms with Crippen molar-refractivity contribution in [2.75, 3.05) is 4.90 Å². The Morgan fingerprint density at radius 1 is 1.15 bits per heavy atom. The Kier molecular flexibility index (Phi) is 4.49. The Labute approximate surface area is 199 Å². The fourth-order valence-corrected chi connectivity index (χ4v) is 5.29. The van der Waals surface area contributed by atoms with E-state index in [9.17, 15) is 14.7 Å². The number of carbonyl (C=O) groups excluding carboxylic acids is 2. The molecule has 0 aliphatic carbocycles. The molecule has 0 saturated heterocycles. The van der Waals surface area contributed by atoms with Crippen LogP contribution in [0.3, 0.4) is 0 Å². The van der Waals surface area contributed by atoms with Gasteiger partial charge in [0.2, 0.25) is 11.7 Å². The van der Waals surface area contributed by atoms with Crippen LogP contribution in [0.5, 0.6) is 0 Å².